The van der Waals surface area contributed by atoms with Crippen LogP contribution in [0.25, 0.3) is 0 Å². The van der Waals surface area contributed by atoms with E-state index >= 15 is 0 Å². The van der Waals surface area contributed by atoms with E-state index in [0.717, 1.165) is 44.7 Å². The lowest BCUT2D eigenvalue weighted by Crippen LogP contribution is -2.53. The van der Waals surface area contributed by atoms with Gasteiger partial charge < -0.3 is 15.4 Å². The summed E-state index contributed by atoms with van der Waals surface area (Å²) in [5.74, 6) is 0.592. The molecule has 2 rings (SSSR count). The molecular formula is C20H33N3O2. The van der Waals surface area contributed by atoms with Crippen LogP contribution in [0.4, 0.5) is 4.79 Å². The SMILES string of the molecule is CCC(CC)C(CNC(=O)NCc1ccccc1C)N1CCOCC1. The van der Waals surface area contributed by atoms with Crippen molar-refractivity contribution < 1.29 is 9.53 Å². The van der Waals surface area contributed by atoms with Gasteiger partial charge in [0.2, 0.25) is 0 Å². The molecule has 2 amide bonds. The fourth-order valence-electron chi connectivity index (χ4n) is 3.58. The largest absolute Gasteiger partial charge is 0.379 e. The van der Waals surface area contributed by atoms with Gasteiger partial charge in [-0.2, -0.15) is 0 Å². The smallest absolute Gasteiger partial charge is 0.315 e. The standard InChI is InChI=1S/C20H33N3O2/c1-4-17(5-2)19(23-10-12-25-13-11-23)15-22-20(24)21-14-18-9-7-6-8-16(18)3/h6-9,17,19H,4-5,10-15H2,1-3H3,(H2,21,22,24). The predicted octanol–water partition coefficient (Wildman–Crippen LogP) is 2.93. The first kappa shape index (κ1) is 19.7. The van der Waals surface area contributed by atoms with E-state index in [2.05, 4.69) is 48.4 Å². The molecule has 1 unspecified atom stereocenters. The molecule has 0 radical (unpaired) electrons. The molecule has 2 N–H and O–H groups in total. The maximum absolute atomic E-state index is 12.2. The van der Waals surface area contributed by atoms with E-state index in [9.17, 15) is 4.79 Å². The van der Waals surface area contributed by atoms with Crippen molar-refractivity contribution >= 4 is 6.03 Å². The summed E-state index contributed by atoms with van der Waals surface area (Å²) in [6, 6.07) is 8.42. The number of rotatable bonds is 8. The Labute approximate surface area is 152 Å². The first-order valence-corrected chi connectivity index (χ1v) is 9.53. The zero-order chi connectivity index (χ0) is 18.1. The third-order valence-electron chi connectivity index (χ3n) is 5.28. The van der Waals surface area contributed by atoms with Crippen molar-refractivity contribution in [2.45, 2.75) is 46.2 Å². The monoisotopic (exact) mass is 347 g/mol. The van der Waals surface area contributed by atoms with Crippen molar-refractivity contribution in [3.63, 3.8) is 0 Å². The van der Waals surface area contributed by atoms with Crippen LogP contribution in [0.3, 0.4) is 0 Å². The molecule has 0 aliphatic carbocycles. The Balaban J connectivity index is 1.85. The summed E-state index contributed by atoms with van der Waals surface area (Å²) in [4.78, 5) is 14.7. The zero-order valence-electron chi connectivity index (χ0n) is 15.9. The summed E-state index contributed by atoms with van der Waals surface area (Å²) in [6.07, 6.45) is 2.26. The number of hydrogen-bond donors (Lipinski definition) is 2. The van der Waals surface area contributed by atoms with Crippen LogP contribution < -0.4 is 10.6 Å². The Morgan fingerprint density at radius 2 is 1.84 bits per heavy atom. The molecule has 0 spiro atoms. The fraction of sp³-hybridized carbons (Fsp3) is 0.650. The van der Waals surface area contributed by atoms with Crippen LogP contribution in [0.15, 0.2) is 24.3 Å². The van der Waals surface area contributed by atoms with Gasteiger partial charge in [-0.3, -0.25) is 4.90 Å². The van der Waals surface area contributed by atoms with Gasteiger partial charge in [0, 0.05) is 32.2 Å². The van der Waals surface area contributed by atoms with Gasteiger partial charge in [0.1, 0.15) is 0 Å². The van der Waals surface area contributed by atoms with E-state index in [0.29, 0.717) is 25.0 Å². The average Bonchev–Trinajstić information content (AvgIpc) is 2.65. The van der Waals surface area contributed by atoms with Gasteiger partial charge in [-0.05, 0) is 24.0 Å². The minimum atomic E-state index is -0.0903. The number of nitrogens with one attached hydrogen (secondary N) is 2. The summed E-state index contributed by atoms with van der Waals surface area (Å²) < 4.78 is 5.48. The number of benzene rings is 1. The molecule has 140 valence electrons. The Hall–Kier alpha value is -1.59. The highest BCUT2D eigenvalue weighted by Crippen LogP contribution is 2.19. The molecule has 1 heterocycles. The van der Waals surface area contributed by atoms with Crippen molar-refractivity contribution in [1.82, 2.24) is 15.5 Å². The van der Waals surface area contributed by atoms with Gasteiger partial charge in [0.25, 0.3) is 0 Å². The van der Waals surface area contributed by atoms with Crippen LogP contribution in [-0.4, -0.2) is 49.8 Å². The molecule has 1 atom stereocenters. The number of morpholine rings is 1. The van der Waals surface area contributed by atoms with Crippen molar-refractivity contribution in [2.75, 3.05) is 32.8 Å². The summed E-state index contributed by atoms with van der Waals surface area (Å²) in [5, 5.41) is 6.07. The van der Waals surface area contributed by atoms with E-state index in [1.165, 1.54) is 5.56 Å². The normalized spacial score (nSPS) is 16.6. The second kappa shape index (κ2) is 10.4. The quantitative estimate of drug-likeness (QED) is 0.760. The third kappa shape index (κ3) is 6.01. The number of carbonyl (C=O) groups is 1. The number of ether oxygens (including phenoxy) is 1. The van der Waals surface area contributed by atoms with Gasteiger partial charge >= 0.3 is 6.03 Å². The number of amides is 2. The van der Waals surface area contributed by atoms with Gasteiger partial charge in [-0.15, -0.1) is 0 Å². The van der Waals surface area contributed by atoms with E-state index in [1.807, 2.05) is 12.1 Å². The highest BCUT2D eigenvalue weighted by atomic mass is 16.5. The molecule has 0 bridgehead atoms. The second-order valence-corrected chi connectivity index (χ2v) is 6.78. The molecule has 1 aromatic carbocycles. The Morgan fingerprint density at radius 1 is 1.16 bits per heavy atom. The van der Waals surface area contributed by atoms with Crippen LogP contribution in [0.1, 0.15) is 37.8 Å². The van der Waals surface area contributed by atoms with Gasteiger partial charge in [-0.1, -0.05) is 51.0 Å². The van der Waals surface area contributed by atoms with E-state index < -0.39 is 0 Å². The lowest BCUT2D eigenvalue weighted by molar-refractivity contribution is 0.00237. The maximum Gasteiger partial charge on any atom is 0.315 e. The van der Waals surface area contributed by atoms with Crippen molar-refractivity contribution in [3.05, 3.63) is 35.4 Å². The summed E-state index contributed by atoms with van der Waals surface area (Å²) >= 11 is 0. The summed E-state index contributed by atoms with van der Waals surface area (Å²) in [5.41, 5.74) is 2.35. The number of urea groups is 1. The van der Waals surface area contributed by atoms with Crippen molar-refractivity contribution in [2.24, 2.45) is 5.92 Å². The molecule has 1 aliphatic heterocycles. The molecule has 5 nitrogen and oxygen atoms in total. The second-order valence-electron chi connectivity index (χ2n) is 6.78. The average molecular weight is 348 g/mol. The number of nitrogens with zero attached hydrogens (tertiary/aromatic N) is 1. The molecule has 0 aromatic heterocycles. The lowest BCUT2D eigenvalue weighted by atomic mass is 9.92. The van der Waals surface area contributed by atoms with Crippen LogP contribution in [-0.2, 0) is 11.3 Å². The highest BCUT2D eigenvalue weighted by molar-refractivity contribution is 5.73. The lowest BCUT2D eigenvalue weighted by Gasteiger charge is -2.38. The van der Waals surface area contributed by atoms with Crippen molar-refractivity contribution in [3.8, 4) is 0 Å². The highest BCUT2D eigenvalue weighted by Gasteiger charge is 2.27. The maximum atomic E-state index is 12.2. The summed E-state index contributed by atoms with van der Waals surface area (Å²) in [7, 11) is 0. The zero-order valence-corrected chi connectivity index (χ0v) is 15.9. The van der Waals surface area contributed by atoms with Crippen LogP contribution >= 0.6 is 0 Å². The van der Waals surface area contributed by atoms with Crippen LogP contribution in [0, 0.1) is 12.8 Å². The van der Waals surface area contributed by atoms with Crippen molar-refractivity contribution in [1.29, 1.82) is 0 Å². The van der Waals surface area contributed by atoms with E-state index in [1.54, 1.807) is 0 Å². The van der Waals surface area contributed by atoms with Gasteiger partial charge in [0.15, 0.2) is 0 Å². The molecule has 25 heavy (non-hydrogen) atoms. The molecule has 5 heteroatoms. The van der Waals surface area contributed by atoms with Crippen LogP contribution in [0.5, 0.6) is 0 Å². The first-order valence-electron chi connectivity index (χ1n) is 9.53. The fourth-order valence-corrected chi connectivity index (χ4v) is 3.58. The number of aryl methyl sites for hydroxylation is 1. The van der Waals surface area contributed by atoms with E-state index in [-0.39, 0.29) is 6.03 Å². The molecule has 1 aromatic rings. The molecule has 1 aliphatic rings. The minimum absolute atomic E-state index is 0.0903. The Morgan fingerprint density at radius 3 is 2.48 bits per heavy atom. The Bertz CT molecular complexity index is 525. The predicted molar refractivity (Wildman–Crippen MR) is 102 cm³/mol. The van der Waals surface area contributed by atoms with Crippen LogP contribution in [0.2, 0.25) is 0 Å². The molecule has 1 saturated heterocycles. The van der Waals surface area contributed by atoms with E-state index in [4.69, 9.17) is 4.74 Å². The number of hydrogen-bond acceptors (Lipinski definition) is 3. The molecular weight excluding hydrogens is 314 g/mol. The molecule has 0 saturated carbocycles. The first-order chi connectivity index (χ1) is 12.2. The topological polar surface area (TPSA) is 53.6 Å². The molecule has 1 fully saturated rings. The third-order valence-corrected chi connectivity index (χ3v) is 5.28. The van der Waals surface area contributed by atoms with Gasteiger partial charge in [0.05, 0.1) is 13.2 Å². The Kier molecular flexibility index (Phi) is 8.22. The minimum Gasteiger partial charge on any atom is -0.379 e. The van der Waals surface area contributed by atoms with Gasteiger partial charge in [-0.25, -0.2) is 4.79 Å². The number of carbonyl (C=O) groups excluding carboxylic acids is 1. The summed E-state index contributed by atoms with van der Waals surface area (Å²) in [6.45, 7) is 11.3.